The molecule has 0 aliphatic carbocycles. The topological polar surface area (TPSA) is 52.9 Å². The summed E-state index contributed by atoms with van der Waals surface area (Å²) in [6.07, 6.45) is 0. The second kappa shape index (κ2) is 6.99. The molecule has 0 bridgehead atoms. The lowest BCUT2D eigenvalue weighted by Gasteiger charge is -2.14. The molecule has 1 aromatic carbocycles. The number of hydrogen-bond acceptors (Lipinski definition) is 4. The third-order valence-electron chi connectivity index (χ3n) is 3.68. The lowest BCUT2D eigenvalue weighted by molar-refractivity contribution is -0.113. The van der Waals surface area contributed by atoms with Gasteiger partial charge in [0.05, 0.1) is 11.3 Å². The number of carbonyl (C=O) groups is 1. The van der Waals surface area contributed by atoms with E-state index < -0.39 is 0 Å². The molecule has 1 aromatic heterocycles. The highest BCUT2D eigenvalue weighted by Crippen LogP contribution is 2.31. The minimum atomic E-state index is -0.0816. The average Bonchev–Trinajstić information content (AvgIpc) is 2.92. The van der Waals surface area contributed by atoms with Gasteiger partial charge in [0.1, 0.15) is 11.1 Å². The van der Waals surface area contributed by atoms with Crippen LogP contribution in [0.25, 0.3) is 0 Å². The Morgan fingerprint density at radius 2 is 1.91 bits per heavy atom. The second-order valence-electron chi connectivity index (χ2n) is 5.20. The third kappa shape index (κ3) is 3.52. The van der Waals surface area contributed by atoms with E-state index in [1.807, 2.05) is 0 Å². The fourth-order valence-electron chi connectivity index (χ4n) is 2.19. The first-order valence-corrected chi connectivity index (χ1v) is 8.78. The SMILES string of the molecule is Cc1cc(C)c(C)c(SCC(=O)Nc2sccc2C#N)c1C. The summed E-state index contributed by atoms with van der Waals surface area (Å²) >= 11 is 2.93. The van der Waals surface area contributed by atoms with Crippen LogP contribution < -0.4 is 5.32 Å². The molecule has 2 rings (SSSR count). The molecule has 0 aliphatic heterocycles. The van der Waals surface area contributed by atoms with Crippen LogP contribution in [0.15, 0.2) is 22.4 Å². The number of benzene rings is 1. The van der Waals surface area contributed by atoms with Crippen molar-refractivity contribution >= 4 is 34.0 Å². The maximum Gasteiger partial charge on any atom is 0.235 e. The Morgan fingerprint density at radius 3 is 2.50 bits per heavy atom. The highest BCUT2D eigenvalue weighted by molar-refractivity contribution is 8.00. The number of nitrogens with one attached hydrogen (secondary N) is 1. The van der Waals surface area contributed by atoms with Crippen molar-refractivity contribution in [1.82, 2.24) is 0 Å². The molecule has 22 heavy (non-hydrogen) atoms. The quantitative estimate of drug-likeness (QED) is 0.835. The van der Waals surface area contributed by atoms with Crippen molar-refractivity contribution in [2.24, 2.45) is 0 Å². The molecule has 0 unspecified atom stereocenters. The normalized spacial score (nSPS) is 10.3. The fourth-order valence-corrected chi connectivity index (χ4v) is 4.05. The van der Waals surface area contributed by atoms with Gasteiger partial charge < -0.3 is 5.32 Å². The van der Waals surface area contributed by atoms with Gasteiger partial charge in [0.15, 0.2) is 0 Å². The molecule has 0 atom stereocenters. The number of amides is 1. The molecule has 1 amide bonds. The zero-order valence-corrected chi connectivity index (χ0v) is 14.7. The van der Waals surface area contributed by atoms with Gasteiger partial charge in [0.2, 0.25) is 5.91 Å². The van der Waals surface area contributed by atoms with Crippen molar-refractivity contribution in [1.29, 1.82) is 5.26 Å². The van der Waals surface area contributed by atoms with E-state index in [0.717, 1.165) is 0 Å². The number of thioether (sulfide) groups is 1. The van der Waals surface area contributed by atoms with Crippen molar-refractivity contribution < 1.29 is 4.79 Å². The molecule has 3 nitrogen and oxygen atoms in total. The van der Waals surface area contributed by atoms with Crippen LogP contribution in [0.2, 0.25) is 0 Å². The van der Waals surface area contributed by atoms with E-state index in [4.69, 9.17) is 5.26 Å². The van der Waals surface area contributed by atoms with Crippen LogP contribution in [0.1, 0.15) is 27.8 Å². The molecule has 0 radical (unpaired) electrons. The van der Waals surface area contributed by atoms with Crippen molar-refractivity contribution in [3.63, 3.8) is 0 Å². The van der Waals surface area contributed by atoms with Crippen LogP contribution in [0, 0.1) is 39.0 Å². The Balaban J connectivity index is 2.08. The van der Waals surface area contributed by atoms with Crippen LogP contribution in [0.4, 0.5) is 5.00 Å². The number of anilines is 1. The monoisotopic (exact) mass is 330 g/mol. The maximum atomic E-state index is 12.1. The summed E-state index contributed by atoms with van der Waals surface area (Å²) in [6, 6.07) is 5.97. The molecule has 1 N–H and O–H groups in total. The summed E-state index contributed by atoms with van der Waals surface area (Å²) in [5, 5.41) is 14.2. The predicted octanol–water partition coefficient (Wildman–Crippen LogP) is 4.58. The van der Waals surface area contributed by atoms with Gasteiger partial charge in [-0.25, -0.2) is 0 Å². The van der Waals surface area contributed by atoms with Gasteiger partial charge in [0.25, 0.3) is 0 Å². The maximum absolute atomic E-state index is 12.1. The number of hydrogen-bond donors (Lipinski definition) is 1. The number of carbonyl (C=O) groups excluding carboxylic acids is 1. The van der Waals surface area contributed by atoms with Gasteiger partial charge in [-0.2, -0.15) is 5.26 Å². The van der Waals surface area contributed by atoms with Gasteiger partial charge in [-0.05, 0) is 61.4 Å². The Morgan fingerprint density at radius 1 is 1.27 bits per heavy atom. The second-order valence-corrected chi connectivity index (χ2v) is 7.10. The molecule has 0 aliphatic rings. The number of nitrogens with zero attached hydrogens (tertiary/aromatic N) is 1. The Bertz CT molecular complexity index is 730. The number of rotatable bonds is 4. The number of thiophene rings is 1. The van der Waals surface area contributed by atoms with Crippen molar-refractivity contribution in [3.8, 4) is 6.07 Å². The third-order valence-corrected chi connectivity index (χ3v) is 5.82. The summed E-state index contributed by atoms with van der Waals surface area (Å²) in [5.41, 5.74) is 5.47. The van der Waals surface area contributed by atoms with Gasteiger partial charge in [-0.1, -0.05) is 6.07 Å². The molecule has 1 heterocycles. The van der Waals surface area contributed by atoms with E-state index in [0.29, 0.717) is 16.3 Å². The average molecular weight is 330 g/mol. The van der Waals surface area contributed by atoms with Crippen LogP contribution in [-0.2, 0) is 4.79 Å². The first kappa shape index (κ1) is 16.6. The number of aryl methyl sites for hydroxylation is 2. The van der Waals surface area contributed by atoms with Gasteiger partial charge in [-0.3, -0.25) is 4.79 Å². The first-order chi connectivity index (χ1) is 10.4. The van der Waals surface area contributed by atoms with Gasteiger partial charge in [-0.15, -0.1) is 23.1 Å². The smallest absolute Gasteiger partial charge is 0.235 e. The van der Waals surface area contributed by atoms with Crippen LogP contribution in [-0.4, -0.2) is 11.7 Å². The van der Waals surface area contributed by atoms with Crippen molar-refractivity contribution in [3.05, 3.63) is 45.3 Å². The van der Waals surface area contributed by atoms with Crippen molar-refractivity contribution in [2.45, 2.75) is 32.6 Å². The highest BCUT2D eigenvalue weighted by atomic mass is 32.2. The standard InChI is InChI=1S/C17H18N2OS2/c1-10-7-11(2)13(4)16(12(10)3)22-9-15(20)19-17-14(8-18)5-6-21-17/h5-7H,9H2,1-4H3,(H,19,20). The predicted molar refractivity (Wildman–Crippen MR) is 93.8 cm³/mol. The Kier molecular flexibility index (Phi) is 5.28. The van der Waals surface area contributed by atoms with Gasteiger partial charge in [0, 0.05) is 4.90 Å². The van der Waals surface area contributed by atoms with E-state index in [1.165, 1.54) is 38.5 Å². The van der Waals surface area contributed by atoms with E-state index in [-0.39, 0.29) is 5.91 Å². The zero-order chi connectivity index (χ0) is 16.3. The van der Waals surface area contributed by atoms with E-state index in [1.54, 1.807) is 23.2 Å². The minimum absolute atomic E-state index is 0.0816. The minimum Gasteiger partial charge on any atom is -0.316 e. The molecule has 5 heteroatoms. The fraction of sp³-hybridized carbons (Fsp3) is 0.294. The molecule has 0 fully saturated rings. The summed E-state index contributed by atoms with van der Waals surface area (Å²) in [6.45, 7) is 8.37. The van der Waals surface area contributed by atoms with Crippen molar-refractivity contribution in [2.75, 3.05) is 11.1 Å². The summed E-state index contributed by atoms with van der Waals surface area (Å²) in [5.74, 6) is 0.259. The number of nitriles is 1. The highest BCUT2D eigenvalue weighted by Gasteiger charge is 2.13. The molecule has 0 spiro atoms. The Hall–Kier alpha value is -1.77. The summed E-state index contributed by atoms with van der Waals surface area (Å²) in [4.78, 5) is 13.3. The van der Waals surface area contributed by atoms with E-state index in [9.17, 15) is 4.79 Å². The molecule has 114 valence electrons. The van der Waals surface area contributed by atoms with E-state index >= 15 is 0 Å². The molecule has 0 saturated carbocycles. The lowest BCUT2D eigenvalue weighted by atomic mass is 10.0. The molecular formula is C17H18N2OS2. The largest absolute Gasteiger partial charge is 0.316 e. The van der Waals surface area contributed by atoms with Crippen LogP contribution in [0.3, 0.4) is 0 Å². The molecule has 0 saturated heterocycles. The zero-order valence-electron chi connectivity index (χ0n) is 13.1. The van der Waals surface area contributed by atoms with E-state index in [2.05, 4.69) is 45.1 Å². The van der Waals surface area contributed by atoms with Crippen LogP contribution in [0.5, 0.6) is 0 Å². The van der Waals surface area contributed by atoms with Crippen LogP contribution >= 0.6 is 23.1 Å². The molecular weight excluding hydrogens is 312 g/mol. The Labute approximate surface area is 139 Å². The molecule has 2 aromatic rings. The first-order valence-electron chi connectivity index (χ1n) is 6.91. The van der Waals surface area contributed by atoms with Gasteiger partial charge >= 0.3 is 0 Å². The lowest BCUT2D eigenvalue weighted by Crippen LogP contribution is -2.14. The summed E-state index contributed by atoms with van der Waals surface area (Å²) < 4.78 is 0. The summed E-state index contributed by atoms with van der Waals surface area (Å²) in [7, 11) is 0.